The van der Waals surface area contributed by atoms with E-state index in [-0.39, 0.29) is 5.75 Å². The molecule has 0 amide bonds. The van der Waals surface area contributed by atoms with Gasteiger partial charge in [0.05, 0.1) is 5.75 Å². The van der Waals surface area contributed by atoms with Gasteiger partial charge in [-0.15, -0.1) is 0 Å². The summed E-state index contributed by atoms with van der Waals surface area (Å²) in [5.41, 5.74) is 0. The third kappa shape index (κ3) is 8.02. The van der Waals surface area contributed by atoms with Gasteiger partial charge < -0.3 is 9.47 Å². The summed E-state index contributed by atoms with van der Waals surface area (Å²) >= 11 is 0. The molecule has 0 spiro atoms. The first-order chi connectivity index (χ1) is 8.47. The van der Waals surface area contributed by atoms with Gasteiger partial charge in [0, 0.05) is 26.4 Å². The molecule has 1 atom stereocenters. The van der Waals surface area contributed by atoms with Gasteiger partial charge in [0.2, 0.25) is 10.0 Å². The van der Waals surface area contributed by atoms with Crippen molar-refractivity contribution in [3.63, 3.8) is 0 Å². The Morgan fingerprint density at radius 3 is 2.61 bits per heavy atom. The molecule has 1 unspecified atom stereocenters. The lowest BCUT2D eigenvalue weighted by Gasteiger charge is -2.22. The van der Waals surface area contributed by atoms with Crippen molar-refractivity contribution < 1.29 is 17.9 Å². The summed E-state index contributed by atoms with van der Waals surface area (Å²) in [5, 5.41) is 4.97. The molecule has 1 heterocycles. The average Bonchev–Trinajstić information content (AvgIpc) is 2.33. The van der Waals surface area contributed by atoms with Gasteiger partial charge in [-0.3, -0.25) is 0 Å². The molecular formula is C12H25NO4S. The number of primary sulfonamides is 1. The van der Waals surface area contributed by atoms with E-state index in [2.05, 4.69) is 0 Å². The van der Waals surface area contributed by atoms with Crippen molar-refractivity contribution in [3.05, 3.63) is 0 Å². The molecule has 6 heteroatoms. The van der Waals surface area contributed by atoms with Crippen molar-refractivity contribution in [1.82, 2.24) is 0 Å². The summed E-state index contributed by atoms with van der Waals surface area (Å²) in [6, 6.07) is 0. The Morgan fingerprint density at radius 1 is 1.33 bits per heavy atom. The minimum atomic E-state index is -3.32. The van der Waals surface area contributed by atoms with Crippen molar-refractivity contribution in [1.29, 1.82) is 0 Å². The second-order valence-corrected chi connectivity index (χ2v) is 6.91. The molecular weight excluding hydrogens is 254 g/mol. The van der Waals surface area contributed by atoms with Crippen LogP contribution >= 0.6 is 0 Å². The number of rotatable bonds is 8. The lowest BCUT2D eigenvalue weighted by atomic mass is 10.0. The van der Waals surface area contributed by atoms with E-state index < -0.39 is 10.0 Å². The molecule has 1 fully saturated rings. The van der Waals surface area contributed by atoms with Crippen molar-refractivity contribution in [2.24, 2.45) is 17.0 Å². The van der Waals surface area contributed by atoms with E-state index >= 15 is 0 Å². The van der Waals surface area contributed by atoms with Crippen molar-refractivity contribution in [3.8, 4) is 0 Å². The second kappa shape index (κ2) is 8.09. The number of ether oxygens (including phenoxy) is 2. The van der Waals surface area contributed by atoms with Gasteiger partial charge in [0.25, 0.3) is 0 Å². The van der Waals surface area contributed by atoms with E-state index in [0.717, 1.165) is 39.1 Å². The van der Waals surface area contributed by atoms with Crippen LogP contribution in [0, 0.1) is 11.8 Å². The minimum absolute atomic E-state index is 0.0636. The first-order valence-electron chi connectivity index (χ1n) is 6.63. The smallest absolute Gasteiger partial charge is 0.209 e. The molecule has 0 bridgehead atoms. The molecule has 0 aliphatic carbocycles. The molecule has 0 aromatic heterocycles. The van der Waals surface area contributed by atoms with E-state index in [4.69, 9.17) is 14.6 Å². The van der Waals surface area contributed by atoms with Crippen LogP contribution in [0.25, 0.3) is 0 Å². The maximum atomic E-state index is 10.8. The van der Waals surface area contributed by atoms with Gasteiger partial charge in [-0.25, -0.2) is 13.6 Å². The molecule has 1 aliphatic heterocycles. The van der Waals surface area contributed by atoms with Gasteiger partial charge in [0.15, 0.2) is 0 Å². The van der Waals surface area contributed by atoms with Crippen LogP contribution in [0.15, 0.2) is 0 Å². The van der Waals surface area contributed by atoms with Gasteiger partial charge in [-0.1, -0.05) is 6.92 Å². The highest BCUT2D eigenvalue weighted by molar-refractivity contribution is 7.89. The standard InChI is InChI=1S/C12H25NO4S/c1-11(5-9-18(13,14)15)2-6-17-10-12-3-7-16-8-4-12/h11-12H,2-10H2,1H3,(H2,13,14,15). The van der Waals surface area contributed by atoms with Crippen molar-refractivity contribution >= 4 is 10.0 Å². The normalized spacial score (nSPS) is 19.9. The topological polar surface area (TPSA) is 78.6 Å². The zero-order valence-electron chi connectivity index (χ0n) is 11.1. The first kappa shape index (κ1) is 15.9. The SMILES string of the molecule is CC(CCOCC1CCOCC1)CCS(N)(=O)=O. The Bertz CT molecular complexity index is 312. The molecule has 2 N–H and O–H groups in total. The molecule has 18 heavy (non-hydrogen) atoms. The maximum Gasteiger partial charge on any atom is 0.209 e. The van der Waals surface area contributed by atoms with Crippen LogP contribution in [0.3, 0.4) is 0 Å². The maximum absolute atomic E-state index is 10.8. The van der Waals surface area contributed by atoms with E-state index in [9.17, 15) is 8.42 Å². The fraction of sp³-hybridized carbons (Fsp3) is 1.00. The number of hydrogen-bond donors (Lipinski definition) is 1. The van der Waals surface area contributed by atoms with Crippen LogP contribution in [0.2, 0.25) is 0 Å². The summed E-state index contributed by atoms with van der Waals surface area (Å²) in [5.74, 6) is 1.02. The third-order valence-corrected chi connectivity index (χ3v) is 4.15. The molecule has 1 rings (SSSR count). The van der Waals surface area contributed by atoms with E-state index in [1.807, 2.05) is 6.92 Å². The highest BCUT2D eigenvalue weighted by atomic mass is 32.2. The summed E-state index contributed by atoms with van der Waals surface area (Å²) < 4.78 is 32.5. The summed E-state index contributed by atoms with van der Waals surface area (Å²) in [6.45, 7) is 5.22. The van der Waals surface area contributed by atoms with Crippen LogP contribution < -0.4 is 5.14 Å². The highest BCUT2D eigenvalue weighted by Crippen LogP contribution is 2.15. The predicted molar refractivity (Wildman–Crippen MR) is 70.7 cm³/mol. The van der Waals surface area contributed by atoms with Gasteiger partial charge >= 0.3 is 0 Å². The Labute approximate surface area is 110 Å². The summed E-state index contributed by atoms with van der Waals surface area (Å²) in [4.78, 5) is 0. The largest absolute Gasteiger partial charge is 0.381 e. The number of nitrogens with two attached hydrogens (primary N) is 1. The van der Waals surface area contributed by atoms with Crippen LogP contribution in [-0.4, -0.2) is 40.6 Å². The molecule has 5 nitrogen and oxygen atoms in total. The van der Waals surface area contributed by atoms with Crippen LogP contribution in [-0.2, 0) is 19.5 Å². The zero-order valence-corrected chi connectivity index (χ0v) is 12.0. The second-order valence-electron chi connectivity index (χ2n) is 5.18. The number of hydrogen-bond acceptors (Lipinski definition) is 4. The summed E-state index contributed by atoms with van der Waals surface area (Å²) in [7, 11) is -3.32. The molecule has 0 radical (unpaired) electrons. The Hall–Kier alpha value is -0.170. The highest BCUT2D eigenvalue weighted by Gasteiger charge is 2.14. The zero-order chi connectivity index (χ0) is 13.4. The van der Waals surface area contributed by atoms with Crippen molar-refractivity contribution in [2.75, 3.05) is 32.2 Å². The lowest BCUT2D eigenvalue weighted by molar-refractivity contribution is 0.0180. The molecule has 1 aliphatic rings. The predicted octanol–water partition coefficient (Wildman–Crippen LogP) is 1.13. The fourth-order valence-corrected chi connectivity index (χ4v) is 2.69. The first-order valence-corrected chi connectivity index (χ1v) is 8.35. The van der Waals surface area contributed by atoms with Gasteiger partial charge in [-0.2, -0.15) is 0 Å². The van der Waals surface area contributed by atoms with E-state index in [1.165, 1.54) is 0 Å². The Morgan fingerprint density at radius 2 is 2.00 bits per heavy atom. The van der Waals surface area contributed by atoms with Gasteiger partial charge in [0.1, 0.15) is 0 Å². The van der Waals surface area contributed by atoms with Crippen molar-refractivity contribution in [2.45, 2.75) is 32.6 Å². The molecule has 0 aromatic rings. The summed E-state index contributed by atoms with van der Waals surface area (Å²) in [6.07, 6.45) is 3.67. The monoisotopic (exact) mass is 279 g/mol. The Balaban J connectivity index is 1.99. The number of sulfonamides is 1. The third-order valence-electron chi connectivity index (χ3n) is 3.34. The fourth-order valence-electron chi connectivity index (χ4n) is 1.96. The molecule has 108 valence electrons. The van der Waals surface area contributed by atoms with E-state index in [1.54, 1.807) is 0 Å². The van der Waals surface area contributed by atoms with Crippen LogP contribution in [0.5, 0.6) is 0 Å². The molecule has 1 saturated heterocycles. The van der Waals surface area contributed by atoms with Crippen LogP contribution in [0.4, 0.5) is 0 Å². The Kier molecular flexibility index (Phi) is 7.14. The quantitative estimate of drug-likeness (QED) is 0.676. The van der Waals surface area contributed by atoms with Crippen LogP contribution in [0.1, 0.15) is 32.6 Å². The molecule has 0 aromatic carbocycles. The van der Waals surface area contributed by atoms with Gasteiger partial charge in [-0.05, 0) is 37.5 Å². The van der Waals surface area contributed by atoms with E-state index in [0.29, 0.717) is 24.9 Å². The minimum Gasteiger partial charge on any atom is -0.381 e. The lowest BCUT2D eigenvalue weighted by Crippen LogP contribution is -2.21. The molecule has 0 saturated carbocycles. The average molecular weight is 279 g/mol.